The number of rotatable bonds is 5. The SMILES string of the molecule is C[C@@H](Oc1ccccc1)C(=O)Nc1ccc(N2CCNC(=O)C2)c(Cl)c1. The van der Waals surface area contributed by atoms with Crippen molar-refractivity contribution in [1.82, 2.24) is 5.32 Å². The summed E-state index contributed by atoms with van der Waals surface area (Å²) in [6.45, 7) is 3.24. The Labute approximate surface area is 157 Å². The van der Waals surface area contributed by atoms with Gasteiger partial charge in [0, 0.05) is 18.8 Å². The number of hydrogen-bond donors (Lipinski definition) is 2. The van der Waals surface area contributed by atoms with Crippen LogP contribution in [0.1, 0.15) is 6.92 Å². The van der Waals surface area contributed by atoms with Gasteiger partial charge in [-0.05, 0) is 37.3 Å². The number of para-hydroxylation sites is 1. The topological polar surface area (TPSA) is 70.7 Å². The molecule has 2 amide bonds. The van der Waals surface area contributed by atoms with Gasteiger partial charge in [-0.3, -0.25) is 9.59 Å². The molecule has 0 radical (unpaired) electrons. The highest BCUT2D eigenvalue weighted by molar-refractivity contribution is 6.33. The smallest absolute Gasteiger partial charge is 0.265 e. The van der Waals surface area contributed by atoms with Crippen molar-refractivity contribution in [2.75, 3.05) is 29.9 Å². The average Bonchev–Trinajstić information content (AvgIpc) is 2.62. The third-order valence-electron chi connectivity index (χ3n) is 4.02. The minimum Gasteiger partial charge on any atom is -0.481 e. The van der Waals surface area contributed by atoms with Gasteiger partial charge in [-0.2, -0.15) is 0 Å². The third-order valence-corrected chi connectivity index (χ3v) is 4.32. The second-order valence-electron chi connectivity index (χ2n) is 6.00. The zero-order valence-corrected chi connectivity index (χ0v) is 15.1. The van der Waals surface area contributed by atoms with Crippen molar-refractivity contribution in [2.24, 2.45) is 0 Å². The molecule has 1 heterocycles. The van der Waals surface area contributed by atoms with E-state index in [2.05, 4.69) is 10.6 Å². The summed E-state index contributed by atoms with van der Waals surface area (Å²) in [5, 5.41) is 6.05. The summed E-state index contributed by atoms with van der Waals surface area (Å²) in [6.07, 6.45) is -0.651. The lowest BCUT2D eigenvalue weighted by Gasteiger charge is -2.29. The van der Waals surface area contributed by atoms with Gasteiger partial charge in [0.2, 0.25) is 5.91 Å². The van der Waals surface area contributed by atoms with Gasteiger partial charge in [0.05, 0.1) is 17.3 Å². The zero-order valence-electron chi connectivity index (χ0n) is 14.4. The minimum absolute atomic E-state index is 0.0309. The molecule has 0 saturated carbocycles. The first-order valence-corrected chi connectivity index (χ1v) is 8.74. The Morgan fingerprint density at radius 1 is 1.27 bits per heavy atom. The number of carbonyl (C=O) groups is 2. The first-order chi connectivity index (χ1) is 12.5. The van der Waals surface area contributed by atoms with Crippen molar-refractivity contribution >= 4 is 34.8 Å². The number of anilines is 2. The van der Waals surface area contributed by atoms with Crippen LogP contribution in [0.3, 0.4) is 0 Å². The van der Waals surface area contributed by atoms with Gasteiger partial charge in [-0.15, -0.1) is 0 Å². The fourth-order valence-corrected chi connectivity index (χ4v) is 2.99. The highest BCUT2D eigenvalue weighted by atomic mass is 35.5. The molecule has 1 fully saturated rings. The van der Waals surface area contributed by atoms with Crippen molar-refractivity contribution in [3.63, 3.8) is 0 Å². The molecule has 0 unspecified atom stereocenters. The maximum Gasteiger partial charge on any atom is 0.265 e. The van der Waals surface area contributed by atoms with E-state index >= 15 is 0 Å². The molecule has 6 nitrogen and oxygen atoms in total. The van der Waals surface area contributed by atoms with Crippen molar-refractivity contribution in [3.8, 4) is 5.75 Å². The summed E-state index contributed by atoms with van der Waals surface area (Å²) in [4.78, 5) is 25.8. The highest BCUT2D eigenvalue weighted by Crippen LogP contribution is 2.29. The molecule has 0 aliphatic carbocycles. The Kier molecular flexibility index (Phi) is 5.63. The number of piperazine rings is 1. The number of benzene rings is 2. The van der Waals surface area contributed by atoms with Gasteiger partial charge >= 0.3 is 0 Å². The van der Waals surface area contributed by atoms with Crippen LogP contribution in [0.15, 0.2) is 48.5 Å². The molecule has 1 saturated heterocycles. The lowest BCUT2D eigenvalue weighted by Crippen LogP contribution is -2.47. The summed E-state index contributed by atoms with van der Waals surface area (Å²) >= 11 is 6.35. The van der Waals surface area contributed by atoms with Crippen molar-refractivity contribution in [2.45, 2.75) is 13.0 Å². The van der Waals surface area contributed by atoms with E-state index in [4.69, 9.17) is 16.3 Å². The normalized spacial score (nSPS) is 15.2. The molecular weight excluding hydrogens is 354 g/mol. The molecule has 26 heavy (non-hydrogen) atoms. The summed E-state index contributed by atoms with van der Waals surface area (Å²) in [6, 6.07) is 14.4. The van der Waals surface area contributed by atoms with Gasteiger partial charge in [0.1, 0.15) is 5.75 Å². The molecule has 2 N–H and O–H groups in total. The average molecular weight is 374 g/mol. The summed E-state index contributed by atoms with van der Waals surface area (Å²) in [5.74, 6) is 0.332. The first-order valence-electron chi connectivity index (χ1n) is 8.36. The van der Waals surface area contributed by atoms with E-state index in [1.165, 1.54) is 0 Å². The van der Waals surface area contributed by atoms with E-state index in [1.807, 2.05) is 23.1 Å². The van der Waals surface area contributed by atoms with E-state index in [0.717, 1.165) is 5.69 Å². The van der Waals surface area contributed by atoms with Gasteiger partial charge < -0.3 is 20.3 Å². The molecule has 136 valence electrons. The van der Waals surface area contributed by atoms with Crippen LogP contribution in [-0.2, 0) is 9.59 Å². The molecule has 0 spiro atoms. The maximum absolute atomic E-state index is 12.3. The predicted molar refractivity (Wildman–Crippen MR) is 102 cm³/mol. The lowest BCUT2D eigenvalue weighted by atomic mass is 10.2. The zero-order chi connectivity index (χ0) is 18.5. The van der Waals surface area contributed by atoms with Crippen LogP contribution in [0, 0.1) is 0 Å². The van der Waals surface area contributed by atoms with E-state index in [-0.39, 0.29) is 18.4 Å². The molecule has 7 heteroatoms. The summed E-state index contributed by atoms with van der Waals surface area (Å²) < 4.78 is 5.61. The second-order valence-corrected chi connectivity index (χ2v) is 6.41. The number of ether oxygens (including phenoxy) is 1. The van der Waals surface area contributed by atoms with Crippen LogP contribution >= 0.6 is 11.6 Å². The lowest BCUT2D eigenvalue weighted by molar-refractivity contribution is -0.122. The molecule has 1 aliphatic rings. The van der Waals surface area contributed by atoms with E-state index in [1.54, 1.807) is 37.3 Å². The summed E-state index contributed by atoms with van der Waals surface area (Å²) in [7, 11) is 0. The molecule has 1 atom stereocenters. The number of nitrogens with one attached hydrogen (secondary N) is 2. The largest absolute Gasteiger partial charge is 0.481 e. The van der Waals surface area contributed by atoms with E-state index < -0.39 is 6.10 Å². The van der Waals surface area contributed by atoms with Crippen molar-refractivity contribution < 1.29 is 14.3 Å². The number of halogens is 1. The molecule has 0 aromatic heterocycles. The van der Waals surface area contributed by atoms with Gasteiger partial charge in [-0.25, -0.2) is 0 Å². The van der Waals surface area contributed by atoms with E-state index in [0.29, 0.717) is 29.5 Å². The number of nitrogens with zero attached hydrogens (tertiary/aromatic N) is 1. The minimum atomic E-state index is -0.651. The second kappa shape index (κ2) is 8.10. The Bertz CT molecular complexity index is 798. The van der Waals surface area contributed by atoms with Gasteiger partial charge in [-0.1, -0.05) is 29.8 Å². The maximum atomic E-state index is 12.3. The Morgan fingerprint density at radius 3 is 2.73 bits per heavy atom. The Balaban J connectivity index is 1.63. The third kappa shape index (κ3) is 4.46. The van der Waals surface area contributed by atoms with Crippen LogP contribution in [0.4, 0.5) is 11.4 Å². The Hall–Kier alpha value is -2.73. The molecule has 2 aromatic carbocycles. The number of carbonyl (C=O) groups excluding carboxylic acids is 2. The molecular formula is C19H20ClN3O3. The fourth-order valence-electron chi connectivity index (χ4n) is 2.69. The van der Waals surface area contributed by atoms with E-state index in [9.17, 15) is 9.59 Å². The molecule has 3 rings (SSSR count). The predicted octanol–water partition coefficient (Wildman–Crippen LogP) is 2.68. The quantitative estimate of drug-likeness (QED) is 0.845. The monoisotopic (exact) mass is 373 g/mol. The van der Waals surface area contributed by atoms with Crippen LogP contribution in [0.5, 0.6) is 5.75 Å². The van der Waals surface area contributed by atoms with Crippen LogP contribution in [0.2, 0.25) is 5.02 Å². The van der Waals surface area contributed by atoms with Gasteiger partial charge in [0.25, 0.3) is 5.91 Å². The van der Waals surface area contributed by atoms with Crippen LogP contribution < -0.4 is 20.3 Å². The first kappa shape index (κ1) is 18.1. The van der Waals surface area contributed by atoms with Crippen molar-refractivity contribution in [3.05, 3.63) is 53.6 Å². The fraction of sp³-hybridized carbons (Fsp3) is 0.263. The van der Waals surface area contributed by atoms with Crippen molar-refractivity contribution in [1.29, 1.82) is 0 Å². The molecule has 1 aliphatic heterocycles. The Morgan fingerprint density at radius 2 is 2.04 bits per heavy atom. The highest BCUT2D eigenvalue weighted by Gasteiger charge is 2.20. The summed E-state index contributed by atoms with van der Waals surface area (Å²) in [5.41, 5.74) is 1.35. The molecule has 0 bridgehead atoms. The number of amides is 2. The molecule has 2 aromatic rings. The van der Waals surface area contributed by atoms with Gasteiger partial charge in [0.15, 0.2) is 6.10 Å². The van der Waals surface area contributed by atoms with Crippen LogP contribution in [-0.4, -0.2) is 37.6 Å². The standard InChI is InChI=1S/C19H20ClN3O3/c1-13(26-15-5-3-2-4-6-15)19(25)22-14-7-8-17(16(20)11-14)23-10-9-21-18(24)12-23/h2-8,11,13H,9-10,12H2,1H3,(H,21,24)(H,22,25)/t13-/m1/s1. The van der Waals surface area contributed by atoms with Crippen LogP contribution in [0.25, 0.3) is 0 Å². The number of hydrogen-bond acceptors (Lipinski definition) is 4.